The number of pyridine rings is 1. The molecule has 0 unspecified atom stereocenters. The van der Waals surface area contributed by atoms with Gasteiger partial charge in [0.15, 0.2) is 0 Å². The molecule has 0 aliphatic heterocycles. The van der Waals surface area contributed by atoms with Crippen molar-refractivity contribution in [2.75, 3.05) is 5.73 Å². The van der Waals surface area contributed by atoms with Gasteiger partial charge in [-0.25, -0.2) is 4.39 Å². The highest BCUT2D eigenvalue weighted by molar-refractivity contribution is 5.76. The number of benzene rings is 1. The summed E-state index contributed by atoms with van der Waals surface area (Å²) in [6, 6.07) is 7.37. The van der Waals surface area contributed by atoms with Gasteiger partial charge >= 0.3 is 0 Å². The van der Waals surface area contributed by atoms with Gasteiger partial charge in [-0.15, -0.1) is 0 Å². The third-order valence-corrected chi connectivity index (χ3v) is 2.30. The van der Waals surface area contributed by atoms with Crippen molar-refractivity contribution in [2.45, 2.75) is 6.92 Å². The fourth-order valence-corrected chi connectivity index (χ4v) is 1.63. The van der Waals surface area contributed by atoms with Gasteiger partial charge in [0.05, 0.1) is 0 Å². The zero-order chi connectivity index (χ0) is 11.7. The van der Waals surface area contributed by atoms with Gasteiger partial charge < -0.3 is 10.7 Å². The summed E-state index contributed by atoms with van der Waals surface area (Å²) >= 11 is 0. The van der Waals surface area contributed by atoms with Crippen molar-refractivity contribution in [3.63, 3.8) is 0 Å². The second-order valence-corrected chi connectivity index (χ2v) is 3.65. The van der Waals surface area contributed by atoms with Gasteiger partial charge in [0, 0.05) is 23.0 Å². The molecule has 0 radical (unpaired) electrons. The van der Waals surface area contributed by atoms with E-state index in [-0.39, 0.29) is 11.4 Å². The quantitative estimate of drug-likeness (QED) is 0.720. The van der Waals surface area contributed by atoms with Gasteiger partial charge in [0.25, 0.3) is 0 Å². The van der Waals surface area contributed by atoms with E-state index in [4.69, 9.17) is 5.73 Å². The molecule has 1 aromatic heterocycles. The zero-order valence-electron chi connectivity index (χ0n) is 8.75. The van der Waals surface area contributed by atoms with Crippen LogP contribution in [0.1, 0.15) is 5.69 Å². The van der Waals surface area contributed by atoms with Crippen LogP contribution in [0.3, 0.4) is 0 Å². The van der Waals surface area contributed by atoms with Crippen LogP contribution in [-0.4, -0.2) is 4.98 Å². The number of aryl methyl sites for hydroxylation is 1. The van der Waals surface area contributed by atoms with E-state index in [0.29, 0.717) is 16.8 Å². The van der Waals surface area contributed by atoms with Crippen LogP contribution in [0.4, 0.5) is 10.1 Å². The number of aromatic amines is 1. The average molecular weight is 218 g/mol. The molecule has 3 N–H and O–H groups in total. The molecule has 0 saturated heterocycles. The van der Waals surface area contributed by atoms with Gasteiger partial charge in [0.1, 0.15) is 5.82 Å². The predicted molar refractivity (Wildman–Crippen MR) is 61.6 cm³/mol. The smallest absolute Gasteiger partial charge is 0.248 e. The number of nitrogens with two attached hydrogens (primary N) is 1. The normalized spacial score (nSPS) is 10.4. The Morgan fingerprint density at radius 1 is 1.25 bits per heavy atom. The van der Waals surface area contributed by atoms with Crippen LogP contribution in [0.15, 0.2) is 35.1 Å². The first-order chi connectivity index (χ1) is 7.56. The molecule has 16 heavy (non-hydrogen) atoms. The van der Waals surface area contributed by atoms with Crippen molar-refractivity contribution < 1.29 is 4.39 Å². The minimum absolute atomic E-state index is 0.196. The first-order valence-electron chi connectivity index (χ1n) is 4.82. The van der Waals surface area contributed by atoms with Crippen LogP contribution >= 0.6 is 0 Å². The molecule has 82 valence electrons. The molecule has 2 rings (SSSR count). The molecule has 1 aromatic carbocycles. The van der Waals surface area contributed by atoms with Crippen molar-refractivity contribution in [3.8, 4) is 11.1 Å². The Morgan fingerprint density at radius 2 is 2.00 bits per heavy atom. The number of halogens is 1. The SMILES string of the molecule is Cc1cc(-c2ccc(F)cc2N)cc(=O)[nH]1. The van der Waals surface area contributed by atoms with E-state index in [0.717, 1.165) is 5.69 Å². The number of rotatable bonds is 1. The first kappa shape index (κ1) is 10.4. The standard InChI is InChI=1S/C12H11FN2O/c1-7-4-8(5-12(16)15-7)10-3-2-9(13)6-11(10)14/h2-6H,14H2,1H3,(H,15,16). The maximum absolute atomic E-state index is 12.9. The molecule has 0 aliphatic carbocycles. The zero-order valence-corrected chi connectivity index (χ0v) is 8.75. The Kier molecular flexibility index (Phi) is 2.48. The van der Waals surface area contributed by atoms with Gasteiger partial charge in [0.2, 0.25) is 5.56 Å². The first-order valence-corrected chi connectivity index (χ1v) is 4.82. The van der Waals surface area contributed by atoms with Crippen LogP contribution in [-0.2, 0) is 0 Å². The number of hydrogen-bond donors (Lipinski definition) is 2. The topological polar surface area (TPSA) is 58.9 Å². The van der Waals surface area contributed by atoms with Crippen LogP contribution in [0, 0.1) is 12.7 Å². The monoisotopic (exact) mass is 218 g/mol. The minimum atomic E-state index is -0.386. The van der Waals surface area contributed by atoms with E-state index < -0.39 is 0 Å². The molecule has 0 fully saturated rings. The summed E-state index contributed by atoms with van der Waals surface area (Å²) < 4.78 is 12.9. The van der Waals surface area contributed by atoms with Crippen LogP contribution in [0.2, 0.25) is 0 Å². The maximum Gasteiger partial charge on any atom is 0.248 e. The number of hydrogen-bond acceptors (Lipinski definition) is 2. The Bertz CT molecular complexity index is 590. The van der Waals surface area contributed by atoms with E-state index in [1.54, 1.807) is 19.1 Å². The number of nitrogen functional groups attached to an aromatic ring is 1. The van der Waals surface area contributed by atoms with Crippen molar-refractivity contribution >= 4 is 5.69 Å². The molecular formula is C12H11FN2O. The lowest BCUT2D eigenvalue weighted by molar-refractivity contribution is 0.628. The molecule has 0 saturated carbocycles. The summed E-state index contributed by atoms with van der Waals surface area (Å²) in [5.41, 5.74) is 7.93. The highest BCUT2D eigenvalue weighted by atomic mass is 19.1. The molecule has 0 atom stereocenters. The summed E-state index contributed by atoms with van der Waals surface area (Å²) in [6.07, 6.45) is 0. The lowest BCUT2D eigenvalue weighted by atomic mass is 10.0. The number of H-pyrrole nitrogens is 1. The molecule has 3 nitrogen and oxygen atoms in total. The maximum atomic E-state index is 12.9. The fourth-order valence-electron chi connectivity index (χ4n) is 1.63. The van der Waals surface area contributed by atoms with Crippen LogP contribution in [0.25, 0.3) is 11.1 Å². The van der Waals surface area contributed by atoms with Crippen LogP contribution < -0.4 is 11.3 Å². The van der Waals surface area contributed by atoms with Gasteiger partial charge in [-0.2, -0.15) is 0 Å². The van der Waals surface area contributed by atoms with E-state index in [2.05, 4.69) is 4.98 Å². The molecule has 1 heterocycles. The third-order valence-electron chi connectivity index (χ3n) is 2.30. The second-order valence-electron chi connectivity index (χ2n) is 3.65. The highest BCUT2D eigenvalue weighted by Gasteiger charge is 2.05. The fraction of sp³-hybridized carbons (Fsp3) is 0.0833. The number of nitrogens with one attached hydrogen (secondary N) is 1. The average Bonchev–Trinajstić information content (AvgIpc) is 2.15. The molecule has 0 bridgehead atoms. The summed E-state index contributed by atoms with van der Waals surface area (Å²) in [7, 11) is 0. The van der Waals surface area contributed by atoms with Gasteiger partial charge in [-0.05, 0) is 36.8 Å². The summed E-state index contributed by atoms with van der Waals surface area (Å²) in [4.78, 5) is 13.9. The van der Waals surface area contributed by atoms with E-state index >= 15 is 0 Å². The lowest BCUT2D eigenvalue weighted by Gasteiger charge is -2.06. The highest BCUT2D eigenvalue weighted by Crippen LogP contribution is 2.25. The number of anilines is 1. The summed E-state index contributed by atoms with van der Waals surface area (Å²) in [6.45, 7) is 1.78. The Balaban J connectivity index is 2.63. The summed E-state index contributed by atoms with van der Waals surface area (Å²) in [5.74, 6) is -0.386. The molecule has 0 amide bonds. The largest absolute Gasteiger partial charge is 0.398 e. The molecule has 0 spiro atoms. The Morgan fingerprint density at radius 3 is 2.62 bits per heavy atom. The van der Waals surface area contributed by atoms with Crippen LogP contribution in [0.5, 0.6) is 0 Å². The van der Waals surface area contributed by atoms with Crippen molar-refractivity contribution in [2.24, 2.45) is 0 Å². The van der Waals surface area contributed by atoms with Gasteiger partial charge in [-0.3, -0.25) is 4.79 Å². The molecule has 0 aliphatic rings. The summed E-state index contributed by atoms with van der Waals surface area (Å²) in [5, 5.41) is 0. The third kappa shape index (κ3) is 1.95. The molecule has 2 aromatic rings. The second kappa shape index (κ2) is 3.81. The lowest BCUT2D eigenvalue weighted by Crippen LogP contribution is -2.06. The van der Waals surface area contributed by atoms with E-state index in [1.165, 1.54) is 18.2 Å². The molecule has 4 heteroatoms. The van der Waals surface area contributed by atoms with Crippen molar-refractivity contribution in [3.05, 3.63) is 52.2 Å². The molecular weight excluding hydrogens is 207 g/mol. The van der Waals surface area contributed by atoms with Crippen molar-refractivity contribution in [1.82, 2.24) is 4.98 Å². The Hall–Kier alpha value is -2.10. The minimum Gasteiger partial charge on any atom is -0.398 e. The Labute approximate surface area is 91.7 Å². The number of aromatic nitrogens is 1. The van der Waals surface area contributed by atoms with Crippen molar-refractivity contribution in [1.29, 1.82) is 0 Å². The predicted octanol–water partition coefficient (Wildman–Crippen LogP) is 2.07. The van der Waals surface area contributed by atoms with Gasteiger partial charge in [-0.1, -0.05) is 0 Å². The van der Waals surface area contributed by atoms with E-state index in [9.17, 15) is 9.18 Å². The van der Waals surface area contributed by atoms with E-state index in [1.807, 2.05) is 0 Å².